The molecule has 4 nitrogen and oxygen atoms in total. The number of ether oxygens (including phenoxy) is 1. The summed E-state index contributed by atoms with van der Waals surface area (Å²) in [6.45, 7) is 5.10. The largest absolute Gasteiger partial charge is 0.483 e. The van der Waals surface area contributed by atoms with E-state index in [1.807, 2.05) is 17.0 Å². The Balaban J connectivity index is 1.99. The zero-order chi connectivity index (χ0) is 15.4. The van der Waals surface area contributed by atoms with Gasteiger partial charge in [-0.2, -0.15) is 0 Å². The lowest BCUT2D eigenvalue weighted by molar-refractivity contribution is -0.137. The van der Waals surface area contributed by atoms with E-state index in [2.05, 4.69) is 13.8 Å². The molecule has 1 aliphatic rings. The van der Waals surface area contributed by atoms with Crippen molar-refractivity contribution in [3.63, 3.8) is 0 Å². The number of nitrogens with zero attached hydrogens (tertiary/aromatic N) is 1. The standard InChI is InChI=1S/C16H22N2O2S/c1-11-7-8-12(2)18(9-11)15(19)10-20-14-6-4-3-5-13(14)16(17)21/h3-6,11-12H,7-10H2,1-2H3,(H2,17,21). The van der Waals surface area contributed by atoms with E-state index < -0.39 is 0 Å². The fourth-order valence-corrected chi connectivity index (χ4v) is 2.82. The quantitative estimate of drug-likeness (QED) is 0.868. The zero-order valence-electron chi connectivity index (χ0n) is 12.5. The molecule has 0 bridgehead atoms. The highest BCUT2D eigenvalue weighted by molar-refractivity contribution is 7.80. The molecule has 2 rings (SSSR count). The van der Waals surface area contributed by atoms with Crippen LogP contribution in [0.25, 0.3) is 0 Å². The summed E-state index contributed by atoms with van der Waals surface area (Å²) in [4.78, 5) is 14.5. The Morgan fingerprint density at radius 1 is 1.38 bits per heavy atom. The smallest absolute Gasteiger partial charge is 0.260 e. The maximum atomic E-state index is 12.3. The number of likely N-dealkylation sites (tertiary alicyclic amines) is 1. The highest BCUT2D eigenvalue weighted by Crippen LogP contribution is 2.22. The first-order valence-corrected chi connectivity index (χ1v) is 7.71. The summed E-state index contributed by atoms with van der Waals surface area (Å²) in [5.74, 6) is 1.14. The average Bonchev–Trinajstić information content (AvgIpc) is 2.47. The molecule has 0 saturated carbocycles. The normalized spacial score (nSPS) is 21.9. The van der Waals surface area contributed by atoms with Gasteiger partial charge in [0, 0.05) is 12.6 Å². The van der Waals surface area contributed by atoms with E-state index in [9.17, 15) is 4.79 Å². The van der Waals surface area contributed by atoms with Gasteiger partial charge in [0.05, 0.1) is 5.56 Å². The van der Waals surface area contributed by atoms with Gasteiger partial charge in [0.25, 0.3) is 5.91 Å². The number of hydrogen-bond acceptors (Lipinski definition) is 3. The SMILES string of the molecule is CC1CCC(C)N(C(=O)COc2ccccc2C(N)=S)C1. The van der Waals surface area contributed by atoms with E-state index in [1.165, 1.54) is 6.42 Å². The van der Waals surface area contributed by atoms with Crippen LogP contribution in [0.4, 0.5) is 0 Å². The molecule has 0 aliphatic carbocycles. The van der Waals surface area contributed by atoms with Gasteiger partial charge in [0.1, 0.15) is 10.7 Å². The highest BCUT2D eigenvalue weighted by Gasteiger charge is 2.27. The van der Waals surface area contributed by atoms with Crippen molar-refractivity contribution in [1.82, 2.24) is 4.90 Å². The molecule has 1 amide bonds. The fraction of sp³-hybridized carbons (Fsp3) is 0.500. The van der Waals surface area contributed by atoms with Crippen molar-refractivity contribution in [3.8, 4) is 5.75 Å². The van der Waals surface area contributed by atoms with E-state index in [4.69, 9.17) is 22.7 Å². The van der Waals surface area contributed by atoms with E-state index in [1.54, 1.807) is 12.1 Å². The summed E-state index contributed by atoms with van der Waals surface area (Å²) < 4.78 is 5.64. The van der Waals surface area contributed by atoms with Gasteiger partial charge in [-0.15, -0.1) is 0 Å². The predicted molar refractivity (Wildman–Crippen MR) is 87.4 cm³/mol. The number of carbonyl (C=O) groups excluding carboxylic acids is 1. The molecule has 0 radical (unpaired) electrons. The van der Waals surface area contributed by atoms with Crippen molar-refractivity contribution in [2.75, 3.05) is 13.2 Å². The first-order valence-electron chi connectivity index (χ1n) is 7.30. The van der Waals surface area contributed by atoms with Crippen LogP contribution in [0, 0.1) is 5.92 Å². The molecule has 2 N–H and O–H groups in total. The van der Waals surface area contributed by atoms with Crippen LogP contribution in [0.5, 0.6) is 5.75 Å². The molecule has 0 aromatic heterocycles. The lowest BCUT2D eigenvalue weighted by Crippen LogP contribution is -2.46. The van der Waals surface area contributed by atoms with Crippen LogP contribution in [0.1, 0.15) is 32.3 Å². The number of rotatable bonds is 4. The second-order valence-electron chi connectivity index (χ2n) is 5.73. The van der Waals surface area contributed by atoms with Gasteiger partial charge in [-0.1, -0.05) is 31.3 Å². The fourth-order valence-electron chi connectivity index (χ4n) is 2.65. The van der Waals surface area contributed by atoms with Gasteiger partial charge in [-0.05, 0) is 37.8 Å². The number of amides is 1. The molecule has 1 heterocycles. The Kier molecular flexibility index (Phi) is 5.17. The number of para-hydroxylation sites is 1. The molecule has 1 aromatic rings. The molecule has 2 unspecified atom stereocenters. The van der Waals surface area contributed by atoms with Crippen molar-refractivity contribution in [3.05, 3.63) is 29.8 Å². The molecular weight excluding hydrogens is 284 g/mol. The summed E-state index contributed by atoms with van der Waals surface area (Å²) in [7, 11) is 0. The van der Waals surface area contributed by atoms with Crippen LogP contribution < -0.4 is 10.5 Å². The number of piperidine rings is 1. The van der Waals surface area contributed by atoms with E-state index >= 15 is 0 Å². The van der Waals surface area contributed by atoms with Gasteiger partial charge < -0.3 is 15.4 Å². The Bertz CT molecular complexity index is 533. The topological polar surface area (TPSA) is 55.6 Å². The van der Waals surface area contributed by atoms with Gasteiger partial charge in [0.15, 0.2) is 6.61 Å². The summed E-state index contributed by atoms with van der Waals surface area (Å²) in [6, 6.07) is 7.55. The molecule has 1 aromatic carbocycles. The molecule has 1 saturated heterocycles. The van der Waals surface area contributed by atoms with E-state index in [0.717, 1.165) is 13.0 Å². The summed E-state index contributed by atoms with van der Waals surface area (Å²) in [6.07, 6.45) is 2.23. The minimum absolute atomic E-state index is 0.0202. The highest BCUT2D eigenvalue weighted by atomic mass is 32.1. The Morgan fingerprint density at radius 2 is 2.10 bits per heavy atom. The third-order valence-corrected chi connectivity index (χ3v) is 4.16. The zero-order valence-corrected chi connectivity index (χ0v) is 13.4. The van der Waals surface area contributed by atoms with Crippen LogP contribution in [0.3, 0.4) is 0 Å². The van der Waals surface area contributed by atoms with Gasteiger partial charge in [0.2, 0.25) is 0 Å². The van der Waals surface area contributed by atoms with Gasteiger partial charge >= 0.3 is 0 Å². The lowest BCUT2D eigenvalue weighted by atomic mass is 9.95. The molecule has 21 heavy (non-hydrogen) atoms. The van der Waals surface area contributed by atoms with Crippen molar-refractivity contribution >= 4 is 23.1 Å². The molecule has 1 fully saturated rings. The summed E-state index contributed by atoms with van der Waals surface area (Å²) in [5.41, 5.74) is 6.33. The molecule has 2 atom stereocenters. The number of thiocarbonyl (C=S) groups is 1. The predicted octanol–water partition coefficient (Wildman–Crippen LogP) is 2.35. The van der Waals surface area contributed by atoms with Gasteiger partial charge in [-0.3, -0.25) is 4.79 Å². The third kappa shape index (κ3) is 3.94. The van der Waals surface area contributed by atoms with Crippen LogP contribution in [0.2, 0.25) is 0 Å². The van der Waals surface area contributed by atoms with Gasteiger partial charge in [-0.25, -0.2) is 0 Å². The average molecular weight is 306 g/mol. The maximum absolute atomic E-state index is 12.3. The molecule has 0 spiro atoms. The monoisotopic (exact) mass is 306 g/mol. The molecule has 1 aliphatic heterocycles. The first kappa shape index (κ1) is 15.8. The van der Waals surface area contributed by atoms with Crippen LogP contribution >= 0.6 is 12.2 Å². The van der Waals surface area contributed by atoms with Crippen molar-refractivity contribution in [1.29, 1.82) is 0 Å². The summed E-state index contributed by atoms with van der Waals surface area (Å²) >= 11 is 4.99. The molecule has 114 valence electrons. The summed E-state index contributed by atoms with van der Waals surface area (Å²) in [5, 5.41) is 0. The lowest BCUT2D eigenvalue weighted by Gasteiger charge is -2.36. The minimum Gasteiger partial charge on any atom is -0.483 e. The van der Waals surface area contributed by atoms with Crippen LogP contribution in [-0.2, 0) is 4.79 Å². The Hall–Kier alpha value is -1.62. The number of benzene rings is 1. The number of nitrogens with two attached hydrogens (primary N) is 1. The van der Waals surface area contributed by atoms with Crippen LogP contribution in [-0.4, -0.2) is 35.0 Å². The Morgan fingerprint density at radius 3 is 2.81 bits per heavy atom. The van der Waals surface area contributed by atoms with Crippen LogP contribution in [0.15, 0.2) is 24.3 Å². The molecular formula is C16H22N2O2S. The number of carbonyl (C=O) groups is 1. The maximum Gasteiger partial charge on any atom is 0.260 e. The minimum atomic E-state index is 0.0202. The Labute approximate surface area is 131 Å². The van der Waals surface area contributed by atoms with E-state index in [0.29, 0.717) is 17.2 Å². The second kappa shape index (κ2) is 6.89. The van der Waals surface area contributed by atoms with Crippen molar-refractivity contribution in [2.45, 2.75) is 32.7 Å². The number of hydrogen-bond donors (Lipinski definition) is 1. The molecule has 5 heteroatoms. The first-order chi connectivity index (χ1) is 9.99. The van der Waals surface area contributed by atoms with Crippen molar-refractivity contribution < 1.29 is 9.53 Å². The van der Waals surface area contributed by atoms with Crippen molar-refractivity contribution in [2.24, 2.45) is 11.7 Å². The third-order valence-electron chi connectivity index (χ3n) is 3.94. The second-order valence-corrected chi connectivity index (χ2v) is 6.17. The van der Waals surface area contributed by atoms with E-state index in [-0.39, 0.29) is 23.5 Å².